The Morgan fingerprint density at radius 2 is 1.94 bits per heavy atom. The number of alkyl halides is 1. The monoisotopic (exact) mass is 288 g/mol. The number of hydrogen-bond donors (Lipinski definition) is 0. The number of amides is 3. The van der Waals surface area contributed by atoms with Crippen molar-refractivity contribution >= 4 is 33.7 Å². The van der Waals surface area contributed by atoms with Gasteiger partial charge in [0.05, 0.1) is 11.2 Å². The van der Waals surface area contributed by atoms with Gasteiger partial charge in [0.15, 0.2) is 0 Å². The molecule has 0 aromatic carbocycles. The summed E-state index contributed by atoms with van der Waals surface area (Å²) >= 11 is 3.29. The van der Waals surface area contributed by atoms with Crippen LogP contribution >= 0.6 is 15.9 Å². The Hall–Kier alpha value is -0.910. The standard InChI is InChI=1S/C10H13BrN2O3/c1-12-8(14)5-7(10(12)16)13-4-2-3-6(11)9(13)15/h6-7H,2-5H2,1H3. The Morgan fingerprint density at radius 1 is 1.25 bits per heavy atom. The van der Waals surface area contributed by atoms with Crippen molar-refractivity contribution in [2.24, 2.45) is 0 Å². The number of halogens is 1. The van der Waals surface area contributed by atoms with E-state index in [9.17, 15) is 14.4 Å². The van der Waals surface area contributed by atoms with Crippen molar-refractivity contribution in [3.63, 3.8) is 0 Å². The van der Waals surface area contributed by atoms with Crippen molar-refractivity contribution < 1.29 is 14.4 Å². The van der Waals surface area contributed by atoms with E-state index in [0.717, 1.165) is 17.7 Å². The molecule has 16 heavy (non-hydrogen) atoms. The summed E-state index contributed by atoms with van der Waals surface area (Å²) in [6, 6.07) is -0.578. The maximum Gasteiger partial charge on any atom is 0.252 e. The van der Waals surface area contributed by atoms with Gasteiger partial charge >= 0.3 is 0 Å². The molecule has 3 amide bonds. The van der Waals surface area contributed by atoms with Crippen LogP contribution in [0.25, 0.3) is 0 Å². The van der Waals surface area contributed by atoms with Crippen LogP contribution in [0.15, 0.2) is 0 Å². The third-order valence-corrected chi connectivity index (χ3v) is 3.99. The zero-order valence-corrected chi connectivity index (χ0v) is 10.6. The van der Waals surface area contributed by atoms with Crippen LogP contribution in [0.4, 0.5) is 0 Å². The number of imide groups is 1. The zero-order chi connectivity index (χ0) is 11.9. The largest absolute Gasteiger partial charge is 0.329 e. The minimum atomic E-state index is -0.578. The molecule has 2 aliphatic heterocycles. The quantitative estimate of drug-likeness (QED) is 0.509. The summed E-state index contributed by atoms with van der Waals surface area (Å²) < 4.78 is 0. The molecule has 2 atom stereocenters. The third kappa shape index (κ3) is 1.75. The SMILES string of the molecule is CN1C(=O)CC(N2CCCC(Br)C2=O)C1=O. The summed E-state index contributed by atoms with van der Waals surface area (Å²) in [6.07, 6.45) is 1.78. The Labute approximate surface area is 102 Å². The lowest BCUT2D eigenvalue weighted by molar-refractivity contribution is -0.144. The summed E-state index contributed by atoms with van der Waals surface area (Å²) in [7, 11) is 1.46. The topological polar surface area (TPSA) is 57.7 Å². The Bertz CT molecular complexity index is 358. The van der Waals surface area contributed by atoms with E-state index < -0.39 is 6.04 Å². The van der Waals surface area contributed by atoms with Crippen molar-refractivity contribution in [3.8, 4) is 0 Å². The smallest absolute Gasteiger partial charge is 0.252 e. The average molecular weight is 289 g/mol. The van der Waals surface area contributed by atoms with Gasteiger partial charge in [-0.1, -0.05) is 15.9 Å². The normalized spacial score (nSPS) is 31.5. The van der Waals surface area contributed by atoms with Gasteiger partial charge in [0.1, 0.15) is 6.04 Å². The number of carbonyl (C=O) groups excluding carboxylic acids is 3. The summed E-state index contributed by atoms with van der Waals surface area (Å²) in [5.74, 6) is -0.549. The van der Waals surface area contributed by atoms with Crippen molar-refractivity contribution in [2.75, 3.05) is 13.6 Å². The summed E-state index contributed by atoms with van der Waals surface area (Å²) in [5, 5.41) is 0. The molecule has 0 aliphatic carbocycles. The van der Waals surface area contributed by atoms with Gasteiger partial charge in [-0.05, 0) is 12.8 Å². The number of likely N-dealkylation sites (tertiary alicyclic amines) is 2. The molecule has 5 nitrogen and oxygen atoms in total. The van der Waals surface area contributed by atoms with Crippen LogP contribution in [0.1, 0.15) is 19.3 Å². The second-order valence-corrected chi connectivity index (χ2v) is 5.26. The molecule has 0 saturated carbocycles. The van der Waals surface area contributed by atoms with Crippen molar-refractivity contribution in [3.05, 3.63) is 0 Å². The maximum atomic E-state index is 11.9. The van der Waals surface area contributed by atoms with E-state index >= 15 is 0 Å². The fourth-order valence-electron chi connectivity index (χ4n) is 2.14. The molecule has 2 fully saturated rings. The van der Waals surface area contributed by atoms with Crippen molar-refractivity contribution in [2.45, 2.75) is 30.1 Å². The second-order valence-electron chi connectivity index (χ2n) is 4.15. The number of rotatable bonds is 1. The van der Waals surface area contributed by atoms with E-state index in [1.165, 1.54) is 11.9 Å². The first-order valence-corrected chi connectivity index (χ1v) is 6.19. The van der Waals surface area contributed by atoms with Gasteiger partial charge in [-0.3, -0.25) is 19.3 Å². The summed E-state index contributed by atoms with van der Waals surface area (Å²) in [4.78, 5) is 37.4. The molecule has 2 saturated heterocycles. The van der Waals surface area contributed by atoms with Crippen LogP contribution in [0.5, 0.6) is 0 Å². The highest BCUT2D eigenvalue weighted by Gasteiger charge is 2.43. The first kappa shape index (κ1) is 11.6. The van der Waals surface area contributed by atoms with E-state index in [0.29, 0.717) is 6.54 Å². The fraction of sp³-hybridized carbons (Fsp3) is 0.700. The van der Waals surface area contributed by atoms with E-state index in [1.54, 1.807) is 0 Å². The van der Waals surface area contributed by atoms with Gasteiger partial charge in [0.25, 0.3) is 5.91 Å². The molecule has 2 heterocycles. The highest BCUT2D eigenvalue weighted by atomic mass is 79.9. The van der Waals surface area contributed by atoms with Crippen molar-refractivity contribution in [1.82, 2.24) is 9.80 Å². The van der Waals surface area contributed by atoms with Crippen LogP contribution in [0.2, 0.25) is 0 Å². The minimum Gasteiger partial charge on any atom is -0.329 e. The number of hydrogen-bond acceptors (Lipinski definition) is 3. The van der Waals surface area contributed by atoms with Gasteiger partial charge in [-0.15, -0.1) is 0 Å². The van der Waals surface area contributed by atoms with E-state index in [2.05, 4.69) is 15.9 Å². The molecule has 6 heteroatoms. The van der Waals surface area contributed by atoms with Gasteiger partial charge in [-0.2, -0.15) is 0 Å². The Balaban J connectivity index is 2.16. The number of carbonyl (C=O) groups is 3. The van der Waals surface area contributed by atoms with Crippen molar-refractivity contribution in [1.29, 1.82) is 0 Å². The maximum absolute atomic E-state index is 11.9. The van der Waals surface area contributed by atoms with Crippen LogP contribution in [-0.2, 0) is 14.4 Å². The predicted octanol–water partition coefficient (Wildman–Crippen LogP) is 0.130. The zero-order valence-electron chi connectivity index (χ0n) is 8.98. The second kappa shape index (κ2) is 4.16. The molecule has 0 aromatic heterocycles. The molecule has 2 aliphatic rings. The fourth-order valence-corrected chi connectivity index (χ4v) is 2.73. The molecule has 88 valence electrons. The van der Waals surface area contributed by atoms with Gasteiger partial charge in [0, 0.05) is 13.6 Å². The predicted molar refractivity (Wildman–Crippen MR) is 59.8 cm³/mol. The van der Waals surface area contributed by atoms with Gasteiger partial charge in [-0.25, -0.2) is 0 Å². The van der Waals surface area contributed by atoms with Crippen LogP contribution in [0, 0.1) is 0 Å². The number of piperidine rings is 1. The first-order valence-electron chi connectivity index (χ1n) is 5.27. The Morgan fingerprint density at radius 3 is 2.50 bits per heavy atom. The highest BCUT2D eigenvalue weighted by Crippen LogP contribution is 2.25. The molecule has 0 radical (unpaired) electrons. The average Bonchev–Trinajstić information content (AvgIpc) is 2.50. The van der Waals surface area contributed by atoms with Crippen LogP contribution < -0.4 is 0 Å². The van der Waals surface area contributed by atoms with E-state index in [1.807, 2.05) is 0 Å². The van der Waals surface area contributed by atoms with Gasteiger partial charge in [0.2, 0.25) is 11.8 Å². The van der Waals surface area contributed by atoms with E-state index in [4.69, 9.17) is 0 Å². The molecular weight excluding hydrogens is 276 g/mol. The molecule has 0 aromatic rings. The van der Waals surface area contributed by atoms with Gasteiger partial charge < -0.3 is 4.90 Å². The lowest BCUT2D eigenvalue weighted by Crippen LogP contribution is -2.50. The van der Waals surface area contributed by atoms with E-state index in [-0.39, 0.29) is 29.0 Å². The third-order valence-electron chi connectivity index (χ3n) is 3.14. The minimum absolute atomic E-state index is 0.0762. The highest BCUT2D eigenvalue weighted by molar-refractivity contribution is 9.10. The summed E-state index contributed by atoms with van der Waals surface area (Å²) in [5.41, 5.74) is 0. The molecular formula is C10H13BrN2O3. The molecule has 0 N–H and O–H groups in total. The molecule has 0 bridgehead atoms. The first-order chi connectivity index (χ1) is 7.52. The molecule has 2 rings (SSSR count). The van der Waals surface area contributed by atoms with Crippen LogP contribution in [-0.4, -0.2) is 52.0 Å². The lowest BCUT2D eigenvalue weighted by Gasteiger charge is -2.33. The lowest BCUT2D eigenvalue weighted by atomic mass is 10.1. The Kier molecular flexibility index (Phi) is 3.01. The number of likely N-dealkylation sites (N-methyl/N-ethyl adjacent to an activating group) is 1. The molecule has 0 spiro atoms. The van der Waals surface area contributed by atoms with Crippen LogP contribution in [0.3, 0.4) is 0 Å². The molecule has 2 unspecified atom stereocenters. The summed E-state index contributed by atoms with van der Waals surface area (Å²) in [6.45, 7) is 0.568. The number of nitrogens with zero attached hydrogens (tertiary/aromatic N) is 2.